The Labute approximate surface area is 84.3 Å². The van der Waals surface area contributed by atoms with Crippen LogP contribution in [0.5, 0.6) is 5.75 Å². The van der Waals surface area contributed by atoms with Gasteiger partial charge in [0, 0.05) is 0 Å². The van der Waals surface area contributed by atoms with Crippen LogP contribution in [0.2, 0.25) is 0 Å². The van der Waals surface area contributed by atoms with Gasteiger partial charge in [0.05, 0.1) is 6.61 Å². The number of rotatable bonds is 2. The Morgan fingerprint density at radius 2 is 1.86 bits per heavy atom. The molecule has 0 aliphatic rings. The summed E-state index contributed by atoms with van der Waals surface area (Å²) in [5, 5.41) is 2.55. The molecule has 0 unspecified atom stereocenters. The molecule has 2 aromatic carbocycles. The minimum absolute atomic E-state index is 0.721. The quantitative estimate of drug-likeness (QED) is 0.697. The van der Waals surface area contributed by atoms with Crippen molar-refractivity contribution in [3.8, 4) is 5.75 Å². The number of benzene rings is 2. The Balaban J connectivity index is 2.63. The molecule has 0 aromatic heterocycles. The molecule has 0 saturated heterocycles. The highest BCUT2D eigenvalue weighted by atomic mass is 16.5. The van der Waals surface area contributed by atoms with Gasteiger partial charge in [-0.1, -0.05) is 30.3 Å². The molecule has 0 atom stereocenters. The van der Waals surface area contributed by atoms with Gasteiger partial charge in [-0.05, 0) is 36.2 Å². The zero-order chi connectivity index (χ0) is 9.97. The van der Waals surface area contributed by atoms with Gasteiger partial charge in [-0.25, -0.2) is 0 Å². The van der Waals surface area contributed by atoms with Crippen molar-refractivity contribution in [3.05, 3.63) is 42.0 Å². The van der Waals surface area contributed by atoms with Crippen LogP contribution in [0.4, 0.5) is 0 Å². The van der Waals surface area contributed by atoms with Gasteiger partial charge in [-0.2, -0.15) is 0 Å². The summed E-state index contributed by atoms with van der Waals surface area (Å²) in [5.74, 6) is 0.992. The fourth-order valence-corrected chi connectivity index (χ4v) is 1.72. The predicted molar refractivity (Wildman–Crippen MR) is 59.9 cm³/mol. The van der Waals surface area contributed by atoms with E-state index in [9.17, 15) is 0 Å². The fourth-order valence-electron chi connectivity index (χ4n) is 1.72. The lowest BCUT2D eigenvalue weighted by atomic mass is 10.1. The van der Waals surface area contributed by atoms with Crippen molar-refractivity contribution in [2.75, 3.05) is 6.61 Å². The maximum atomic E-state index is 5.54. The molecule has 2 aromatic rings. The summed E-state index contributed by atoms with van der Waals surface area (Å²) in [4.78, 5) is 0. The van der Waals surface area contributed by atoms with Crippen molar-refractivity contribution in [3.63, 3.8) is 0 Å². The van der Waals surface area contributed by atoms with E-state index in [-0.39, 0.29) is 0 Å². The molecule has 0 radical (unpaired) electrons. The van der Waals surface area contributed by atoms with Gasteiger partial charge in [0.2, 0.25) is 0 Å². The average Bonchev–Trinajstić information content (AvgIpc) is 2.23. The van der Waals surface area contributed by atoms with Gasteiger partial charge >= 0.3 is 0 Å². The molecule has 1 heteroatoms. The van der Waals surface area contributed by atoms with Crippen molar-refractivity contribution >= 4 is 10.8 Å². The van der Waals surface area contributed by atoms with Crippen molar-refractivity contribution in [2.45, 2.75) is 13.8 Å². The highest BCUT2D eigenvalue weighted by molar-refractivity contribution is 5.87. The molecule has 0 bridgehead atoms. The Morgan fingerprint density at radius 1 is 1.07 bits per heavy atom. The summed E-state index contributed by atoms with van der Waals surface area (Å²) in [6.45, 7) is 4.83. The minimum atomic E-state index is 0.721. The molecule has 0 aliphatic heterocycles. The van der Waals surface area contributed by atoms with Gasteiger partial charge in [0.25, 0.3) is 0 Å². The molecule has 72 valence electrons. The smallest absolute Gasteiger partial charge is 0.122 e. The maximum absolute atomic E-state index is 5.54. The highest BCUT2D eigenvalue weighted by Gasteiger charge is 2.02. The Bertz CT molecular complexity index is 446. The Morgan fingerprint density at radius 3 is 2.64 bits per heavy atom. The second-order valence-electron chi connectivity index (χ2n) is 3.34. The van der Waals surface area contributed by atoms with E-state index in [0.29, 0.717) is 0 Å². The second kappa shape index (κ2) is 3.70. The molecule has 14 heavy (non-hydrogen) atoms. The first-order chi connectivity index (χ1) is 6.83. The molecule has 2 rings (SSSR count). The van der Waals surface area contributed by atoms with Gasteiger partial charge in [0.1, 0.15) is 5.75 Å². The number of hydrogen-bond donors (Lipinski definition) is 0. The first-order valence-corrected chi connectivity index (χ1v) is 4.94. The monoisotopic (exact) mass is 186 g/mol. The first-order valence-electron chi connectivity index (χ1n) is 4.94. The first kappa shape index (κ1) is 9.07. The maximum Gasteiger partial charge on any atom is 0.122 e. The van der Waals surface area contributed by atoms with Crippen LogP contribution in [0.3, 0.4) is 0 Å². The molecule has 0 N–H and O–H groups in total. The zero-order valence-electron chi connectivity index (χ0n) is 8.58. The Hall–Kier alpha value is -1.50. The van der Waals surface area contributed by atoms with Gasteiger partial charge in [-0.15, -0.1) is 0 Å². The molecule has 0 aliphatic carbocycles. The molecule has 0 spiro atoms. The lowest BCUT2D eigenvalue weighted by Crippen LogP contribution is -1.94. The van der Waals surface area contributed by atoms with Crippen molar-refractivity contribution in [2.24, 2.45) is 0 Å². The van der Waals surface area contributed by atoms with Gasteiger partial charge in [0.15, 0.2) is 0 Å². The van der Waals surface area contributed by atoms with Crippen LogP contribution in [0, 0.1) is 6.92 Å². The van der Waals surface area contributed by atoms with E-state index in [4.69, 9.17) is 4.74 Å². The summed E-state index contributed by atoms with van der Waals surface area (Å²) < 4.78 is 5.54. The van der Waals surface area contributed by atoms with Crippen LogP contribution in [-0.2, 0) is 0 Å². The largest absolute Gasteiger partial charge is 0.494 e. The van der Waals surface area contributed by atoms with Crippen LogP contribution >= 0.6 is 0 Å². The summed E-state index contributed by atoms with van der Waals surface area (Å²) in [6.07, 6.45) is 0. The molecule has 0 amide bonds. The van der Waals surface area contributed by atoms with Crippen LogP contribution in [0.1, 0.15) is 12.5 Å². The number of aryl methyl sites for hydroxylation is 1. The standard InChI is InChI=1S/C13H14O/c1-3-14-13-9-8-11-6-4-5-7-12(11)10(13)2/h4-9H,3H2,1-2H3. The highest BCUT2D eigenvalue weighted by Crippen LogP contribution is 2.26. The number of fused-ring (bicyclic) bond motifs is 1. The number of hydrogen-bond acceptors (Lipinski definition) is 1. The number of ether oxygens (including phenoxy) is 1. The minimum Gasteiger partial charge on any atom is -0.494 e. The topological polar surface area (TPSA) is 9.23 Å². The third-order valence-electron chi connectivity index (χ3n) is 2.45. The molecule has 0 saturated carbocycles. The second-order valence-corrected chi connectivity index (χ2v) is 3.34. The SMILES string of the molecule is CCOc1ccc2ccccc2c1C. The fraction of sp³-hybridized carbons (Fsp3) is 0.231. The van der Waals surface area contributed by atoms with E-state index in [0.717, 1.165) is 12.4 Å². The summed E-state index contributed by atoms with van der Waals surface area (Å²) in [6, 6.07) is 12.5. The lowest BCUT2D eigenvalue weighted by molar-refractivity contribution is 0.338. The Kier molecular flexibility index (Phi) is 2.40. The van der Waals surface area contributed by atoms with E-state index in [1.54, 1.807) is 0 Å². The summed E-state index contributed by atoms with van der Waals surface area (Å²) >= 11 is 0. The van der Waals surface area contributed by atoms with Crippen LogP contribution in [0.15, 0.2) is 36.4 Å². The average molecular weight is 186 g/mol. The van der Waals surface area contributed by atoms with E-state index in [1.807, 2.05) is 13.0 Å². The van der Waals surface area contributed by atoms with Gasteiger partial charge < -0.3 is 4.74 Å². The van der Waals surface area contributed by atoms with Crippen LogP contribution < -0.4 is 4.74 Å². The molecule has 0 heterocycles. The third-order valence-corrected chi connectivity index (χ3v) is 2.45. The summed E-state index contributed by atoms with van der Waals surface area (Å²) in [5.41, 5.74) is 1.23. The van der Waals surface area contributed by atoms with E-state index < -0.39 is 0 Å². The van der Waals surface area contributed by atoms with Crippen LogP contribution in [-0.4, -0.2) is 6.61 Å². The van der Waals surface area contributed by atoms with E-state index in [1.165, 1.54) is 16.3 Å². The van der Waals surface area contributed by atoms with E-state index >= 15 is 0 Å². The predicted octanol–water partition coefficient (Wildman–Crippen LogP) is 3.55. The van der Waals surface area contributed by atoms with Crippen molar-refractivity contribution in [1.82, 2.24) is 0 Å². The van der Waals surface area contributed by atoms with Gasteiger partial charge in [-0.3, -0.25) is 0 Å². The van der Waals surface area contributed by atoms with E-state index in [2.05, 4.69) is 37.3 Å². The summed E-state index contributed by atoms with van der Waals surface area (Å²) in [7, 11) is 0. The molecule has 0 fully saturated rings. The molecular formula is C13H14O. The lowest BCUT2D eigenvalue weighted by Gasteiger charge is -2.09. The molecular weight excluding hydrogens is 172 g/mol. The van der Waals surface area contributed by atoms with Crippen LogP contribution in [0.25, 0.3) is 10.8 Å². The third kappa shape index (κ3) is 1.46. The van der Waals surface area contributed by atoms with Crippen molar-refractivity contribution < 1.29 is 4.74 Å². The molecule has 1 nitrogen and oxygen atoms in total. The normalized spacial score (nSPS) is 10.4. The zero-order valence-corrected chi connectivity index (χ0v) is 8.58. The van der Waals surface area contributed by atoms with Crippen molar-refractivity contribution in [1.29, 1.82) is 0 Å².